The molecule has 1 N–H and O–H groups in total. The van der Waals surface area contributed by atoms with E-state index in [1.165, 1.54) is 12.1 Å². The highest BCUT2D eigenvalue weighted by molar-refractivity contribution is 6.33. The Hall–Kier alpha value is -1.61. The number of nitrogens with zero attached hydrogens (tertiary/aromatic N) is 1. The van der Waals surface area contributed by atoms with E-state index in [-0.39, 0.29) is 5.82 Å². The third-order valence-electron chi connectivity index (χ3n) is 2.14. The van der Waals surface area contributed by atoms with Crippen molar-refractivity contribution in [1.82, 2.24) is 4.98 Å². The predicted molar refractivity (Wildman–Crippen MR) is 63.0 cm³/mol. The minimum atomic E-state index is -0.236. The van der Waals surface area contributed by atoms with Gasteiger partial charge in [-0.3, -0.25) is 4.98 Å². The average Bonchev–Trinajstić information content (AvgIpc) is 2.28. The van der Waals surface area contributed by atoms with Crippen LogP contribution in [0.15, 0.2) is 42.7 Å². The van der Waals surface area contributed by atoms with Crippen LogP contribution in [-0.2, 0) is 6.54 Å². The van der Waals surface area contributed by atoms with Crippen LogP contribution in [0.4, 0.5) is 10.1 Å². The first kappa shape index (κ1) is 10.9. The van der Waals surface area contributed by atoms with E-state index < -0.39 is 0 Å². The summed E-state index contributed by atoms with van der Waals surface area (Å²) in [4.78, 5) is 3.88. The van der Waals surface area contributed by atoms with Crippen LogP contribution in [0, 0.1) is 5.82 Å². The Morgan fingerprint density at radius 3 is 2.94 bits per heavy atom. The van der Waals surface area contributed by atoms with Gasteiger partial charge in [-0.05, 0) is 23.8 Å². The quantitative estimate of drug-likeness (QED) is 0.883. The summed E-state index contributed by atoms with van der Waals surface area (Å²) in [6.07, 6.45) is 3.22. The van der Waals surface area contributed by atoms with Crippen molar-refractivity contribution in [3.05, 3.63) is 59.1 Å². The number of halogens is 2. The van der Waals surface area contributed by atoms with E-state index in [1.807, 2.05) is 6.07 Å². The zero-order chi connectivity index (χ0) is 11.4. The molecule has 0 unspecified atom stereocenters. The van der Waals surface area contributed by atoms with Crippen LogP contribution in [0.25, 0.3) is 0 Å². The van der Waals surface area contributed by atoms with Crippen LogP contribution < -0.4 is 5.32 Å². The molecule has 0 aliphatic heterocycles. The maximum absolute atomic E-state index is 12.9. The number of aromatic nitrogens is 1. The molecule has 0 saturated carbocycles. The molecule has 4 heteroatoms. The van der Waals surface area contributed by atoms with Crippen molar-refractivity contribution < 1.29 is 4.39 Å². The fourth-order valence-electron chi connectivity index (χ4n) is 1.36. The van der Waals surface area contributed by atoms with Crippen LogP contribution in [0.3, 0.4) is 0 Å². The first-order valence-corrected chi connectivity index (χ1v) is 5.21. The largest absolute Gasteiger partial charge is 0.380 e. The maximum Gasteiger partial charge on any atom is 0.123 e. The van der Waals surface area contributed by atoms with Gasteiger partial charge in [0.15, 0.2) is 0 Å². The monoisotopic (exact) mass is 236 g/mol. The van der Waals surface area contributed by atoms with Crippen molar-refractivity contribution >= 4 is 17.3 Å². The lowest BCUT2D eigenvalue weighted by molar-refractivity contribution is 0.626. The molecule has 0 amide bonds. The molecule has 1 heterocycles. The molecule has 1 aromatic heterocycles. The molecular weight excluding hydrogens is 227 g/mol. The Morgan fingerprint density at radius 2 is 2.19 bits per heavy atom. The third kappa shape index (κ3) is 2.70. The van der Waals surface area contributed by atoms with Gasteiger partial charge >= 0.3 is 0 Å². The van der Waals surface area contributed by atoms with Gasteiger partial charge in [0.2, 0.25) is 0 Å². The SMILES string of the molecule is Fc1cccc(CNc2ccncc2Cl)c1. The predicted octanol–water partition coefficient (Wildman–Crippen LogP) is 3.49. The lowest BCUT2D eigenvalue weighted by atomic mass is 10.2. The molecule has 2 aromatic rings. The first-order valence-electron chi connectivity index (χ1n) is 4.83. The van der Waals surface area contributed by atoms with Gasteiger partial charge in [0.25, 0.3) is 0 Å². The van der Waals surface area contributed by atoms with Crippen molar-refractivity contribution in [2.45, 2.75) is 6.54 Å². The standard InChI is InChI=1S/C12H10ClFN2/c13-11-8-15-5-4-12(11)16-7-9-2-1-3-10(14)6-9/h1-6,8H,7H2,(H,15,16). The van der Waals surface area contributed by atoms with Crippen LogP contribution in [0.2, 0.25) is 5.02 Å². The number of hydrogen-bond acceptors (Lipinski definition) is 2. The number of hydrogen-bond donors (Lipinski definition) is 1. The minimum Gasteiger partial charge on any atom is -0.380 e. The number of anilines is 1. The van der Waals surface area contributed by atoms with Crippen molar-refractivity contribution in [3.63, 3.8) is 0 Å². The van der Waals surface area contributed by atoms with Gasteiger partial charge in [-0.25, -0.2) is 4.39 Å². The van der Waals surface area contributed by atoms with E-state index in [1.54, 1.807) is 24.5 Å². The van der Waals surface area contributed by atoms with Crippen LogP contribution in [-0.4, -0.2) is 4.98 Å². The van der Waals surface area contributed by atoms with E-state index in [0.29, 0.717) is 11.6 Å². The molecule has 82 valence electrons. The van der Waals surface area contributed by atoms with Crippen molar-refractivity contribution in [1.29, 1.82) is 0 Å². The number of nitrogens with one attached hydrogen (secondary N) is 1. The van der Waals surface area contributed by atoms with Crippen molar-refractivity contribution in [2.24, 2.45) is 0 Å². The molecule has 1 aromatic carbocycles. The second-order valence-corrected chi connectivity index (χ2v) is 3.75. The Morgan fingerprint density at radius 1 is 1.31 bits per heavy atom. The summed E-state index contributed by atoms with van der Waals surface area (Å²) in [5.41, 5.74) is 1.66. The summed E-state index contributed by atoms with van der Waals surface area (Å²) in [7, 11) is 0. The molecule has 0 aliphatic carbocycles. The zero-order valence-corrected chi connectivity index (χ0v) is 9.21. The summed E-state index contributed by atoms with van der Waals surface area (Å²) < 4.78 is 12.9. The van der Waals surface area contributed by atoms with Gasteiger partial charge < -0.3 is 5.32 Å². The fraction of sp³-hybridized carbons (Fsp3) is 0.0833. The van der Waals surface area contributed by atoms with E-state index in [2.05, 4.69) is 10.3 Å². The van der Waals surface area contributed by atoms with Gasteiger partial charge in [-0.2, -0.15) is 0 Å². The maximum atomic E-state index is 12.9. The molecule has 0 aliphatic rings. The van der Waals surface area contributed by atoms with Crippen LogP contribution >= 0.6 is 11.6 Å². The number of pyridine rings is 1. The molecule has 0 radical (unpaired) electrons. The average molecular weight is 237 g/mol. The van der Waals surface area contributed by atoms with E-state index in [4.69, 9.17) is 11.6 Å². The molecule has 0 bridgehead atoms. The second kappa shape index (κ2) is 4.94. The lowest BCUT2D eigenvalue weighted by Crippen LogP contribution is -2.00. The summed E-state index contributed by atoms with van der Waals surface area (Å²) in [5.74, 6) is -0.236. The molecular formula is C12H10ClFN2. The summed E-state index contributed by atoms with van der Waals surface area (Å²) >= 11 is 5.92. The topological polar surface area (TPSA) is 24.9 Å². The lowest BCUT2D eigenvalue weighted by Gasteiger charge is -2.07. The number of benzene rings is 1. The van der Waals surface area contributed by atoms with E-state index in [9.17, 15) is 4.39 Å². The normalized spacial score (nSPS) is 10.1. The van der Waals surface area contributed by atoms with Gasteiger partial charge in [-0.15, -0.1) is 0 Å². The van der Waals surface area contributed by atoms with Crippen LogP contribution in [0.5, 0.6) is 0 Å². The highest BCUT2D eigenvalue weighted by Crippen LogP contribution is 2.19. The zero-order valence-electron chi connectivity index (χ0n) is 8.45. The Balaban J connectivity index is 2.05. The Labute approximate surface area is 98.1 Å². The van der Waals surface area contributed by atoms with Gasteiger partial charge in [0.05, 0.1) is 10.7 Å². The molecule has 0 spiro atoms. The first-order chi connectivity index (χ1) is 7.75. The van der Waals surface area contributed by atoms with E-state index in [0.717, 1.165) is 11.3 Å². The van der Waals surface area contributed by atoms with Crippen molar-refractivity contribution in [3.8, 4) is 0 Å². The molecule has 2 nitrogen and oxygen atoms in total. The Bertz CT molecular complexity index is 488. The molecule has 0 atom stereocenters. The fourth-order valence-corrected chi connectivity index (χ4v) is 1.55. The van der Waals surface area contributed by atoms with Crippen LogP contribution in [0.1, 0.15) is 5.56 Å². The second-order valence-electron chi connectivity index (χ2n) is 3.34. The smallest absolute Gasteiger partial charge is 0.123 e. The molecule has 2 rings (SSSR count). The number of rotatable bonds is 3. The Kier molecular flexibility index (Phi) is 3.37. The van der Waals surface area contributed by atoms with Gasteiger partial charge in [-0.1, -0.05) is 23.7 Å². The van der Waals surface area contributed by atoms with Gasteiger partial charge in [0.1, 0.15) is 5.82 Å². The summed E-state index contributed by atoms with van der Waals surface area (Å²) in [5, 5.41) is 3.67. The summed E-state index contributed by atoms with van der Waals surface area (Å²) in [6, 6.07) is 8.22. The molecule has 16 heavy (non-hydrogen) atoms. The molecule has 0 saturated heterocycles. The molecule has 0 fully saturated rings. The van der Waals surface area contributed by atoms with E-state index >= 15 is 0 Å². The highest BCUT2D eigenvalue weighted by atomic mass is 35.5. The summed E-state index contributed by atoms with van der Waals surface area (Å²) in [6.45, 7) is 0.529. The third-order valence-corrected chi connectivity index (χ3v) is 2.45. The van der Waals surface area contributed by atoms with Gasteiger partial charge in [0, 0.05) is 18.9 Å². The van der Waals surface area contributed by atoms with Crippen molar-refractivity contribution in [2.75, 3.05) is 5.32 Å². The highest BCUT2D eigenvalue weighted by Gasteiger charge is 1.99. The minimum absolute atomic E-state index is 0.236.